The largest absolute Gasteiger partial charge is 0.493 e. The second-order valence-corrected chi connectivity index (χ2v) is 7.93. The van der Waals surface area contributed by atoms with Gasteiger partial charge in [-0.3, -0.25) is 9.59 Å². The van der Waals surface area contributed by atoms with E-state index < -0.39 is 16.8 Å². The number of methoxy groups -OCH3 is 2. The molecule has 6 nitrogen and oxygen atoms in total. The zero-order valence-corrected chi connectivity index (χ0v) is 15.9. The van der Waals surface area contributed by atoms with Crippen molar-refractivity contribution in [3.8, 4) is 11.5 Å². The maximum Gasteiger partial charge on any atom is 0.311 e. The predicted molar refractivity (Wildman–Crippen MR) is 96.6 cm³/mol. The van der Waals surface area contributed by atoms with Crippen molar-refractivity contribution in [2.24, 2.45) is 11.3 Å². The van der Waals surface area contributed by atoms with Crippen LogP contribution < -0.4 is 9.47 Å². The predicted octanol–water partition coefficient (Wildman–Crippen LogP) is 2.69. The molecule has 0 bridgehead atoms. The SMILES string of the molecule is COc1ccc(C(C)(C)C(=O)N2C[C@@H]3CCC[C@@]3(C(=O)O)C2)cc1OC. The molecule has 1 aromatic rings. The van der Waals surface area contributed by atoms with Crippen LogP contribution >= 0.6 is 0 Å². The average Bonchev–Trinajstić information content (AvgIpc) is 3.18. The van der Waals surface area contributed by atoms with E-state index in [2.05, 4.69) is 0 Å². The maximum atomic E-state index is 13.3. The van der Waals surface area contributed by atoms with Crippen LogP contribution in [0.2, 0.25) is 0 Å². The fourth-order valence-electron chi connectivity index (χ4n) is 4.54. The number of carbonyl (C=O) groups is 2. The van der Waals surface area contributed by atoms with Gasteiger partial charge in [-0.15, -0.1) is 0 Å². The van der Waals surface area contributed by atoms with Crippen molar-refractivity contribution in [3.05, 3.63) is 23.8 Å². The Bertz CT molecular complexity index is 729. The number of nitrogens with zero attached hydrogens (tertiary/aromatic N) is 1. The van der Waals surface area contributed by atoms with E-state index in [-0.39, 0.29) is 11.8 Å². The van der Waals surface area contributed by atoms with Crippen LogP contribution in [0.1, 0.15) is 38.7 Å². The molecule has 1 aromatic carbocycles. The molecular weight excluding hydrogens is 334 g/mol. The van der Waals surface area contributed by atoms with E-state index in [0.29, 0.717) is 31.0 Å². The smallest absolute Gasteiger partial charge is 0.311 e. The highest BCUT2D eigenvalue weighted by Crippen LogP contribution is 2.49. The number of carboxylic acid groups (broad SMARTS) is 1. The number of hydrogen-bond donors (Lipinski definition) is 1. The van der Waals surface area contributed by atoms with Gasteiger partial charge in [-0.25, -0.2) is 0 Å². The first-order chi connectivity index (χ1) is 12.3. The number of fused-ring (bicyclic) bond motifs is 1. The summed E-state index contributed by atoms with van der Waals surface area (Å²) in [4.78, 5) is 26.9. The molecule has 3 rings (SSSR count). The summed E-state index contributed by atoms with van der Waals surface area (Å²) < 4.78 is 10.6. The first kappa shape index (κ1) is 18.5. The van der Waals surface area contributed by atoms with Crippen molar-refractivity contribution in [2.75, 3.05) is 27.3 Å². The van der Waals surface area contributed by atoms with E-state index in [0.717, 1.165) is 18.4 Å². The number of carboxylic acids is 1. The lowest BCUT2D eigenvalue weighted by Gasteiger charge is -2.31. The molecule has 142 valence electrons. The molecule has 1 heterocycles. The Morgan fingerprint density at radius 1 is 1.23 bits per heavy atom. The topological polar surface area (TPSA) is 76.1 Å². The summed E-state index contributed by atoms with van der Waals surface area (Å²) in [5.74, 6) is 0.440. The Labute approximate surface area is 154 Å². The lowest BCUT2D eigenvalue weighted by Crippen LogP contribution is -2.44. The Morgan fingerprint density at radius 2 is 1.92 bits per heavy atom. The second-order valence-electron chi connectivity index (χ2n) is 7.93. The molecule has 1 saturated carbocycles. The van der Waals surface area contributed by atoms with Crippen molar-refractivity contribution >= 4 is 11.9 Å². The molecule has 1 aliphatic heterocycles. The first-order valence-electron chi connectivity index (χ1n) is 9.01. The third kappa shape index (κ3) is 2.72. The van der Waals surface area contributed by atoms with E-state index in [1.807, 2.05) is 26.0 Å². The molecular formula is C20H27NO5. The summed E-state index contributed by atoms with van der Waals surface area (Å²) >= 11 is 0. The number of likely N-dealkylation sites (tertiary alicyclic amines) is 1. The van der Waals surface area contributed by atoms with Gasteiger partial charge in [0.1, 0.15) is 0 Å². The molecule has 26 heavy (non-hydrogen) atoms. The van der Waals surface area contributed by atoms with E-state index in [1.165, 1.54) is 0 Å². The highest BCUT2D eigenvalue weighted by atomic mass is 16.5. The normalized spacial score (nSPS) is 25.1. The summed E-state index contributed by atoms with van der Waals surface area (Å²) in [6.07, 6.45) is 2.47. The number of carbonyl (C=O) groups excluding carboxylic acids is 1. The van der Waals surface area contributed by atoms with Gasteiger partial charge in [-0.2, -0.15) is 0 Å². The number of benzene rings is 1. The fraction of sp³-hybridized carbons (Fsp3) is 0.600. The fourth-order valence-corrected chi connectivity index (χ4v) is 4.54. The molecule has 6 heteroatoms. The monoisotopic (exact) mass is 361 g/mol. The van der Waals surface area contributed by atoms with Crippen LogP contribution in [-0.4, -0.2) is 49.2 Å². The molecule has 0 aromatic heterocycles. The van der Waals surface area contributed by atoms with Crippen LogP contribution in [0.4, 0.5) is 0 Å². The van der Waals surface area contributed by atoms with Gasteiger partial charge in [0.25, 0.3) is 0 Å². The third-order valence-corrected chi connectivity index (χ3v) is 6.22. The lowest BCUT2D eigenvalue weighted by molar-refractivity contribution is -0.149. The highest BCUT2D eigenvalue weighted by Gasteiger charge is 2.56. The van der Waals surface area contributed by atoms with Gasteiger partial charge in [0, 0.05) is 13.1 Å². The molecule has 2 aliphatic rings. The van der Waals surface area contributed by atoms with Crippen molar-refractivity contribution in [3.63, 3.8) is 0 Å². The van der Waals surface area contributed by atoms with E-state index in [4.69, 9.17) is 9.47 Å². The molecule has 1 amide bonds. The molecule has 1 N–H and O–H groups in total. The first-order valence-corrected chi connectivity index (χ1v) is 9.01. The Balaban J connectivity index is 1.86. The van der Waals surface area contributed by atoms with Crippen LogP contribution in [0.5, 0.6) is 11.5 Å². The van der Waals surface area contributed by atoms with Crippen LogP contribution in [0.25, 0.3) is 0 Å². The minimum Gasteiger partial charge on any atom is -0.493 e. The number of hydrogen-bond acceptors (Lipinski definition) is 4. The number of amides is 1. The molecule has 1 saturated heterocycles. The minimum absolute atomic E-state index is 0.0419. The number of aliphatic carboxylic acids is 1. The molecule has 2 fully saturated rings. The van der Waals surface area contributed by atoms with Crippen LogP contribution in [-0.2, 0) is 15.0 Å². The summed E-state index contributed by atoms with van der Waals surface area (Å²) in [7, 11) is 3.14. The van der Waals surface area contributed by atoms with E-state index in [9.17, 15) is 14.7 Å². The van der Waals surface area contributed by atoms with Gasteiger partial charge < -0.3 is 19.5 Å². The van der Waals surface area contributed by atoms with Crippen LogP contribution in [0.3, 0.4) is 0 Å². The molecule has 2 atom stereocenters. The summed E-state index contributed by atoms with van der Waals surface area (Å²) in [5.41, 5.74) is -0.720. The van der Waals surface area contributed by atoms with Crippen molar-refractivity contribution in [1.82, 2.24) is 4.90 Å². The average molecular weight is 361 g/mol. The van der Waals surface area contributed by atoms with Crippen LogP contribution in [0, 0.1) is 11.3 Å². The quantitative estimate of drug-likeness (QED) is 0.873. The molecule has 0 radical (unpaired) electrons. The summed E-state index contributed by atoms with van der Waals surface area (Å²) in [6, 6.07) is 5.48. The Kier molecular flexibility index (Phi) is 4.63. The molecule has 0 unspecified atom stereocenters. The van der Waals surface area contributed by atoms with Gasteiger partial charge in [-0.1, -0.05) is 12.5 Å². The second kappa shape index (κ2) is 6.49. The highest BCUT2D eigenvalue weighted by molar-refractivity contribution is 5.89. The van der Waals surface area contributed by atoms with E-state index in [1.54, 1.807) is 25.2 Å². The van der Waals surface area contributed by atoms with Crippen molar-refractivity contribution in [1.29, 1.82) is 0 Å². The van der Waals surface area contributed by atoms with Gasteiger partial charge >= 0.3 is 5.97 Å². The zero-order valence-electron chi connectivity index (χ0n) is 15.9. The van der Waals surface area contributed by atoms with Gasteiger partial charge in [-0.05, 0) is 50.3 Å². The minimum atomic E-state index is -0.780. The number of ether oxygens (including phenoxy) is 2. The van der Waals surface area contributed by atoms with Crippen molar-refractivity contribution < 1.29 is 24.2 Å². The van der Waals surface area contributed by atoms with Crippen molar-refractivity contribution in [2.45, 2.75) is 38.5 Å². The maximum absolute atomic E-state index is 13.3. The lowest BCUT2D eigenvalue weighted by atomic mass is 9.81. The third-order valence-electron chi connectivity index (χ3n) is 6.22. The Hall–Kier alpha value is -2.24. The van der Waals surface area contributed by atoms with Gasteiger partial charge in [0.2, 0.25) is 5.91 Å². The van der Waals surface area contributed by atoms with Gasteiger partial charge in [0.15, 0.2) is 11.5 Å². The summed E-state index contributed by atoms with van der Waals surface area (Å²) in [6.45, 7) is 4.58. The van der Waals surface area contributed by atoms with Crippen LogP contribution in [0.15, 0.2) is 18.2 Å². The number of rotatable bonds is 5. The van der Waals surface area contributed by atoms with E-state index >= 15 is 0 Å². The summed E-state index contributed by atoms with van der Waals surface area (Å²) in [5, 5.41) is 9.75. The standard InChI is InChI=1S/C20H27NO5/c1-19(2,13-7-8-15(25-3)16(10-13)26-4)17(22)21-11-14-6-5-9-20(14,12-21)18(23)24/h7-8,10,14H,5-6,9,11-12H2,1-4H3,(H,23,24)/t14-,20+/m0/s1. The Morgan fingerprint density at radius 3 is 2.50 bits per heavy atom. The zero-order chi connectivity index (χ0) is 19.1. The molecule has 1 aliphatic carbocycles. The molecule has 0 spiro atoms. The van der Waals surface area contributed by atoms with Gasteiger partial charge in [0.05, 0.1) is 25.0 Å².